The Labute approximate surface area is 142 Å². The van der Waals surface area contributed by atoms with Crippen LogP contribution in [0.15, 0.2) is 0 Å². The van der Waals surface area contributed by atoms with Crippen LogP contribution in [0.5, 0.6) is 0 Å². The number of nitrogens with zero attached hydrogens (tertiary/aromatic N) is 1. The summed E-state index contributed by atoms with van der Waals surface area (Å²) in [5.74, 6) is -1.22. The summed E-state index contributed by atoms with van der Waals surface area (Å²) < 4.78 is 47.1. The van der Waals surface area contributed by atoms with Crippen LogP contribution in [0, 0.1) is 11.8 Å². The number of halogens is 2. The molecular formula is C13H20BrFN2O5S. The monoisotopic (exact) mass is 414 g/mol. The van der Waals surface area contributed by atoms with Crippen molar-refractivity contribution in [2.24, 2.45) is 11.8 Å². The molecule has 2 saturated carbocycles. The molecule has 7 unspecified atom stereocenters. The summed E-state index contributed by atoms with van der Waals surface area (Å²) in [5, 5.41) is 10.5. The smallest absolute Gasteiger partial charge is 0.304 e. The maximum absolute atomic E-state index is 15.2. The predicted octanol–water partition coefficient (Wildman–Crippen LogP) is -0.0610. The van der Waals surface area contributed by atoms with Crippen molar-refractivity contribution in [2.75, 3.05) is 13.7 Å². The van der Waals surface area contributed by atoms with E-state index in [0.29, 0.717) is 12.8 Å². The summed E-state index contributed by atoms with van der Waals surface area (Å²) in [4.78, 5) is 11.0. The molecule has 1 amide bonds. The van der Waals surface area contributed by atoms with Crippen LogP contribution < -0.4 is 4.72 Å². The summed E-state index contributed by atoms with van der Waals surface area (Å²) in [6, 6.07) is -1.28. The molecule has 3 rings (SSSR count). The van der Waals surface area contributed by atoms with Crippen molar-refractivity contribution in [3.63, 3.8) is 0 Å². The third-order valence-corrected chi connectivity index (χ3v) is 7.94. The third-order valence-electron chi connectivity index (χ3n) is 5.24. The molecule has 2 aliphatic carbocycles. The Balaban J connectivity index is 1.90. The minimum atomic E-state index is -4.10. The molecule has 2 N–H and O–H groups in total. The predicted molar refractivity (Wildman–Crippen MR) is 82.8 cm³/mol. The molecular weight excluding hydrogens is 395 g/mol. The van der Waals surface area contributed by atoms with Gasteiger partial charge in [-0.2, -0.15) is 12.7 Å². The lowest BCUT2D eigenvalue weighted by atomic mass is 9.66. The molecule has 3 fully saturated rings. The number of amides is 1. The summed E-state index contributed by atoms with van der Waals surface area (Å²) in [5.41, 5.74) is 0. The number of alkyl halides is 2. The highest BCUT2D eigenvalue weighted by atomic mass is 79.9. The topological polar surface area (TPSA) is 95.9 Å². The van der Waals surface area contributed by atoms with Crippen molar-refractivity contribution < 1.29 is 27.4 Å². The second-order valence-corrected chi connectivity index (χ2v) is 9.12. The Kier molecular flexibility index (Phi) is 4.74. The molecule has 1 heterocycles. The van der Waals surface area contributed by atoms with Gasteiger partial charge in [-0.1, -0.05) is 15.9 Å². The number of carbonyl (C=O) groups is 1. The number of hydrogen-bond donors (Lipinski definition) is 2. The van der Waals surface area contributed by atoms with E-state index in [1.807, 2.05) is 4.72 Å². The highest BCUT2D eigenvalue weighted by Gasteiger charge is 2.56. The number of aliphatic hydroxyl groups excluding tert-OH is 1. The second kappa shape index (κ2) is 6.21. The van der Waals surface area contributed by atoms with Gasteiger partial charge in [-0.05, 0) is 31.1 Å². The van der Waals surface area contributed by atoms with Crippen LogP contribution in [-0.4, -0.2) is 66.6 Å². The standard InChI is InChI=1S/C13H20BrFN2O5S/c1-22-6-2-3-7-8(4-6)11(15)12(13(19)10(7)14)17-5-9(18)16-23(17,20)21/h6-8,10-13,19H,2-5H2,1H3,(H,16,18). The van der Waals surface area contributed by atoms with Crippen molar-refractivity contribution in [3.05, 3.63) is 0 Å². The lowest BCUT2D eigenvalue weighted by Gasteiger charge is -2.50. The van der Waals surface area contributed by atoms with E-state index in [1.165, 1.54) is 0 Å². The first-order chi connectivity index (χ1) is 10.8. The van der Waals surface area contributed by atoms with Crippen LogP contribution in [0.1, 0.15) is 19.3 Å². The van der Waals surface area contributed by atoms with Crippen LogP contribution in [0.25, 0.3) is 0 Å². The molecule has 0 aromatic heterocycles. The molecule has 0 aromatic carbocycles. The molecule has 3 aliphatic rings. The molecule has 7 nitrogen and oxygen atoms in total. The Bertz CT molecular complexity index is 591. The maximum atomic E-state index is 15.2. The number of carbonyl (C=O) groups excluding carboxylic acids is 1. The van der Waals surface area contributed by atoms with Crippen LogP contribution >= 0.6 is 15.9 Å². The maximum Gasteiger partial charge on any atom is 0.304 e. The van der Waals surface area contributed by atoms with E-state index >= 15 is 4.39 Å². The van der Waals surface area contributed by atoms with Gasteiger partial charge in [-0.15, -0.1) is 0 Å². The number of fused-ring (bicyclic) bond motifs is 1. The van der Waals surface area contributed by atoms with Gasteiger partial charge in [0.05, 0.1) is 24.8 Å². The van der Waals surface area contributed by atoms with Crippen molar-refractivity contribution in [1.82, 2.24) is 9.03 Å². The fourth-order valence-electron chi connectivity index (χ4n) is 4.10. The van der Waals surface area contributed by atoms with Crippen molar-refractivity contribution >= 4 is 32.0 Å². The average molecular weight is 415 g/mol. The number of ether oxygens (including phenoxy) is 1. The number of aliphatic hydroxyl groups is 1. The van der Waals surface area contributed by atoms with Crippen LogP contribution in [0.3, 0.4) is 0 Å². The Morgan fingerprint density at radius 3 is 2.65 bits per heavy atom. The summed E-state index contributed by atoms with van der Waals surface area (Å²) in [6.45, 7) is -0.463. The zero-order chi connectivity index (χ0) is 16.9. The first-order valence-electron chi connectivity index (χ1n) is 7.57. The van der Waals surface area contributed by atoms with E-state index in [0.717, 1.165) is 10.7 Å². The van der Waals surface area contributed by atoms with Gasteiger partial charge in [0, 0.05) is 11.9 Å². The lowest BCUT2D eigenvalue weighted by Crippen LogP contribution is -2.63. The van der Waals surface area contributed by atoms with Gasteiger partial charge in [0.2, 0.25) is 5.91 Å². The van der Waals surface area contributed by atoms with E-state index in [4.69, 9.17) is 4.74 Å². The van der Waals surface area contributed by atoms with Gasteiger partial charge in [0.1, 0.15) is 6.17 Å². The van der Waals surface area contributed by atoms with Crippen molar-refractivity contribution in [2.45, 2.75) is 48.5 Å². The van der Waals surface area contributed by atoms with E-state index in [2.05, 4.69) is 15.9 Å². The molecule has 23 heavy (non-hydrogen) atoms. The molecule has 10 heteroatoms. The summed E-state index contributed by atoms with van der Waals surface area (Å²) in [7, 11) is -2.52. The lowest BCUT2D eigenvalue weighted by molar-refractivity contribution is -0.120. The van der Waals surface area contributed by atoms with Crippen LogP contribution in [0.4, 0.5) is 4.39 Å². The molecule has 0 spiro atoms. The Hall–Kier alpha value is -0.290. The highest BCUT2D eigenvalue weighted by Crippen LogP contribution is 2.47. The Morgan fingerprint density at radius 2 is 2.09 bits per heavy atom. The SMILES string of the molecule is COC1CCC2C(Br)C(O)C(N3CC(=O)NS3(=O)=O)C(F)C2C1. The number of nitrogens with one attached hydrogen (secondary N) is 1. The summed E-state index contributed by atoms with van der Waals surface area (Å²) >= 11 is 3.42. The average Bonchev–Trinajstić information content (AvgIpc) is 2.77. The van der Waals surface area contributed by atoms with Crippen molar-refractivity contribution in [3.8, 4) is 0 Å². The quantitative estimate of drug-likeness (QED) is 0.617. The molecule has 132 valence electrons. The molecule has 1 saturated heterocycles. The highest BCUT2D eigenvalue weighted by molar-refractivity contribution is 9.09. The van der Waals surface area contributed by atoms with E-state index < -0.39 is 51.7 Å². The molecule has 1 aliphatic heterocycles. The second-order valence-electron chi connectivity index (χ2n) is 6.44. The van der Waals surface area contributed by atoms with Gasteiger partial charge in [-0.3, -0.25) is 4.79 Å². The van der Waals surface area contributed by atoms with Crippen LogP contribution in [0.2, 0.25) is 0 Å². The summed E-state index contributed by atoms with van der Waals surface area (Å²) in [6.07, 6.45) is -0.876. The third kappa shape index (κ3) is 2.92. The molecule has 7 atom stereocenters. The fourth-order valence-corrected chi connectivity index (χ4v) is 6.39. The Morgan fingerprint density at radius 1 is 1.39 bits per heavy atom. The zero-order valence-corrected chi connectivity index (χ0v) is 15.0. The molecule has 0 bridgehead atoms. The van der Waals surface area contributed by atoms with Gasteiger partial charge in [-0.25, -0.2) is 9.11 Å². The van der Waals surface area contributed by atoms with Gasteiger partial charge in [0.15, 0.2) is 0 Å². The number of methoxy groups -OCH3 is 1. The van der Waals surface area contributed by atoms with Gasteiger partial charge in [0.25, 0.3) is 0 Å². The van der Waals surface area contributed by atoms with E-state index in [1.54, 1.807) is 7.11 Å². The normalized spacial score (nSPS) is 47.1. The van der Waals surface area contributed by atoms with Crippen molar-refractivity contribution in [1.29, 1.82) is 0 Å². The van der Waals surface area contributed by atoms with E-state index in [9.17, 15) is 18.3 Å². The number of rotatable bonds is 2. The van der Waals surface area contributed by atoms with Gasteiger partial charge < -0.3 is 9.84 Å². The van der Waals surface area contributed by atoms with Crippen LogP contribution in [-0.2, 0) is 19.7 Å². The largest absolute Gasteiger partial charge is 0.390 e. The molecule has 0 aromatic rings. The minimum absolute atomic E-state index is 0.0694. The number of hydrogen-bond acceptors (Lipinski definition) is 5. The fraction of sp³-hybridized carbons (Fsp3) is 0.923. The van der Waals surface area contributed by atoms with Gasteiger partial charge >= 0.3 is 10.2 Å². The zero-order valence-electron chi connectivity index (χ0n) is 12.6. The van der Waals surface area contributed by atoms with E-state index in [-0.39, 0.29) is 12.0 Å². The molecule has 0 radical (unpaired) electrons. The first kappa shape index (κ1) is 17.5. The minimum Gasteiger partial charge on any atom is -0.390 e. The first-order valence-corrected chi connectivity index (χ1v) is 9.93.